The quantitative estimate of drug-likeness (QED) is 0.896. The fourth-order valence-corrected chi connectivity index (χ4v) is 3.30. The summed E-state index contributed by atoms with van der Waals surface area (Å²) in [6, 6.07) is 0.553. The second-order valence-electron chi connectivity index (χ2n) is 4.50. The average Bonchev–Trinajstić information content (AvgIpc) is 2.73. The maximum absolute atomic E-state index is 9.32. The lowest BCUT2D eigenvalue weighted by Gasteiger charge is -2.33. The van der Waals surface area contributed by atoms with Gasteiger partial charge >= 0.3 is 0 Å². The number of ether oxygens (including phenoxy) is 1. The second-order valence-corrected chi connectivity index (χ2v) is 5.56. The number of hydrogen-bond acceptors (Lipinski definition) is 5. The van der Waals surface area contributed by atoms with Gasteiger partial charge in [0.05, 0.1) is 23.8 Å². The van der Waals surface area contributed by atoms with E-state index in [2.05, 4.69) is 16.8 Å². The molecule has 0 aliphatic carbocycles. The number of nitrogens with zero attached hydrogens (tertiary/aromatic N) is 2. The minimum atomic E-state index is 0.0541. The van der Waals surface area contributed by atoms with Crippen LogP contribution in [0.15, 0.2) is 0 Å². The van der Waals surface area contributed by atoms with E-state index < -0.39 is 0 Å². The number of aromatic nitrogens is 1. The highest BCUT2D eigenvalue weighted by Gasteiger charge is 2.22. The molecule has 4 nitrogen and oxygen atoms in total. The lowest BCUT2D eigenvalue weighted by molar-refractivity contribution is 0.179. The molecule has 1 unspecified atom stereocenters. The van der Waals surface area contributed by atoms with Crippen LogP contribution in [0.1, 0.15) is 36.8 Å². The molecule has 2 heterocycles. The molecule has 1 aliphatic heterocycles. The topological polar surface area (TPSA) is 45.6 Å². The monoisotopic (exact) mass is 256 g/mol. The van der Waals surface area contributed by atoms with E-state index >= 15 is 0 Å². The predicted octanol–water partition coefficient (Wildman–Crippen LogP) is 2.16. The number of aliphatic hydroxyl groups is 1. The zero-order chi connectivity index (χ0) is 12.3. The fourth-order valence-electron chi connectivity index (χ4n) is 2.25. The first-order valence-corrected chi connectivity index (χ1v) is 6.93. The Balaban J connectivity index is 2.19. The summed E-state index contributed by atoms with van der Waals surface area (Å²) in [4.78, 5) is 7.89. The summed E-state index contributed by atoms with van der Waals surface area (Å²) in [5, 5.41) is 10.4. The Morgan fingerprint density at radius 2 is 2.35 bits per heavy atom. The van der Waals surface area contributed by atoms with E-state index in [-0.39, 0.29) is 6.61 Å². The number of piperidine rings is 1. The third-order valence-electron chi connectivity index (χ3n) is 3.24. The summed E-state index contributed by atoms with van der Waals surface area (Å²) in [5.41, 5.74) is 0.882. The summed E-state index contributed by atoms with van der Waals surface area (Å²) in [7, 11) is 1.66. The van der Waals surface area contributed by atoms with Gasteiger partial charge in [-0.1, -0.05) is 11.3 Å². The molecule has 1 N–H and O–H groups in total. The Kier molecular flexibility index (Phi) is 4.36. The molecule has 1 aromatic rings. The molecule has 0 aromatic carbocycles. The van der Waals surface area contributed by atoms with E-state index in [9.17, 15) is 5.11 Å². The first-order valence-electron chi connectivity index (χ1n) is 6.11. The molecule has 0 saturated carbocycles. The number of thiazole rings is 1. The van der Waals surface area contributed by atoms with E-state index in [0.717, 1.165) is 22.2 Å². The highest BCUT2D eigenvalue weighted by Crippen LogP contribution is 2.31. The Morgan fingerprint density at radius 1 is 1.53 bits per heavy atom. The van der Waals surface area contributed by atoms with E-state index in [1.54, 1.807) is 18.4 Å². The Morgan fingerprint density at radius 3 is 3.00 bits per heavy atom. The molecule has 0 spiro atoms. The van der Waals surface area contributed by atoms with Crippen molar-refractivity contribution in [2.75, 3.05) is 18.6 Å². The van der Waals surface area contributed by atoms with Crippen LogP contribution in [0, 0.1) is 0 Å². The van der Waals surface area contributed by atoms with Gasteiger partial charge in [0.2, 0.25) is 0 Å². The second kappa shape index (κ2) is 5.80. The number of anilines is 1. The molecule has 1 aromatic heterocycles. The SMILES string of the molecule is COCc1nc(N2CCCCC2C)sc1CO. The summed E-state index contributed by atoms with van der Waals surface area (Å²) in [6.07, 6.45) is 3.77. The van der Waals surface area contributed by atoms with Gasteiger partial charge in [0, 0.05) is 19.7 Å². The first kappa shape index (κ1) is 12.8. The van der Waals surface area contributed by atoms with Crippen molar-refractivity contribution in [3.63, 3.8) is 0 Å². The van der Waals surface area contributed by atoms with Crippen molar-refractivity contribution >= 4 is 16.5 Å². The zero-order valence-corrected chi connectivity index (χ0v) is 11.3. The molecular formula is C12H20N2O2S. The highest BCUT2D eigenvalue weighted by atomic mass is 32.1. The molecule has 5 heteroatoms. The Labute approximate surface area is 106 Å². The normalized spacial score (nSPS) is 20.9. The molecule has 1 saturated heterocycles. The van der Waals surface area contributed by atoms with Crippen LogP contribution in [0.5, 0.6) is 0 Å². The van der Waals surface area contributed by atoms with Gasteiger partial charge in [-0.15, -0.1) is 0 Å². The average molecular weight is 256 g/mol. The predicted molar refractivity (Wildman–Crippen MR) is 69.4 cm³/mol. The minimum absolute atomic E-state index is 0.0541. The Bertz CT molecular complexity index is 367. The maximum atomic E-state index is 9.32. The van der Waals surface area contributed by atoms with Gasteiger partial charge in [0.1, 0.15) is 0 Å². The Hall–Kier alpha value is -0.650. The smallest absolute Gasteiger partial charge is 0.186 e. The van der Waals surface area contributed by atoms with Crippen LogP contribution in [-0.2, 0) is 18.0 Å². The van der Waals surface area contributed by atoms with Gasteiger partial charge in [-0.3, -0.25) is 0 Å². The summed E-state index contributed by atoms with van der Waals surface area (Å²) >= 11 is 1.59. The molecule has 1 fully saturated rings. The van der Waals surface area contributed by atoms with Crippen LogP contribution in [-0.4, -0.2) is 29.8 Å². The van der Waals surface area contributed by atoms with E-state index in [0.29, 0.717) is 12.6 Å². The maximum Gasteiger partial charge on any atom is 0.186 e. The molecule has 1 aliphatic rings. The summed E-state index contributed by atoms with van der Waals surface area (Å²) in [6.45, 7) is 3.86. The van der Waals surface area contributed by atoms with Gasteiger partial charge in [-0.05, 0) is 26.2 Å². The van der Waals surface area contributed by atoms with Crippen molar-refractivity contribution < 1.29 is 9.84 Å². The molecule has 0 bridgehead atoms. The molecular weight excluding hydrogens is 236 g/mol. The molecule has 17 heavy (non-hydrogen) atoms. The number of aliphatic hydroxyl groups excluding tert-OH is 1. The first-order chi connectivity index (χ1) is 8.26. The largest absolute Gasteiger partial charge is 0.391 e. The lowest BCUT2D eigenvalue weighted by Crippen LogP contribution is -2.37. The van der Waals surface area contributed by atoms with E-state index in [4.69, 9.17) is 4.74 Å². The molecule has 2 rings (SSSR count). The number of rotatable bonds is 4. The van der Waals surface area contributed by atoms with Crippen LogP contribution in [0.3, 0.4) is 0 Å². The lowest BCUT2D eigenvalue weighted by atomic mass is 10.1. The fraction of sp³-hybridized carbons (Fsp3) is 0.750. The van der Waals surface area contributed by atoms with Crippen molar-refractivity contribution in [2.24, 2.45) is 0 Å². The van der Waals surface area contributed by atoms with Crippen LogP contribution >= 0.6 is 11.3 Å². The zero-order valence-electron chi connectivity index (χ0n) is 10.5. The third kappa shape index (κ3) is 2.78. The molecule has 0 amide bonds. The van der Waals surface area contributed by atoms with Crippen molar-refractivity contribution in [3.8, 4) is 0 Å². The molecule has 96 valence electrons. The standard InChI is InChI=1S/C12H20N2O2S/c1-9-5-3-4-6-14(9)12-13-10(8-16-2)11(7-15)17-12/h9,15H,3-8H2,1-2H3. The van der Waals surface area contributed by atoms with Crippen LogP contribution in [0.2, 0.25) is 0 Å². The van der Waals surface area contributed by atoms with Gasteiger partial charge in [0.25, 0.3) is 0 Å². The third-order valence-corrected chi connectivity index (χ3v) is 4.36. The van der Waals surface area contributed by atoms with Gasteiger partial charge in [0.15, 0.2) is 5.13 Å². The van der Waals surface area contributed by atoms with Gasteiger partial charge < -0.3 is 14.7 Å². The van der Waals surface area contributed by atoms with Gasteiger partial charge in [-0.25, -0.2) is 4.98 Å². The number of methoxy groups -OCH3 is 1. The van der Waals surface area contributed by atoms with E-state index in [1.165, 1.54) is 19.3 Å². The summed E-state index contributed by atoms with van der Waals surface area (Å²) in [5.74, 6) is 0. The van der Waals surface area contributed by atoms with Crippen molar-refractivity contribution in [3.05, 3.63) is 10.6 Å². The van der Waals surface area contributed by atoms with Crippen LogP contribution in [0.4, 0.5) is 5.13 Å². The molecule has 0 radical (unpaired) electrons. The highest BCUT2D eigenvalue weighted by molar-refractivity contribution is 7.15. The minimum Gasteiger partial charge on any atom is -0.391 e. The van der Waals surface area contributed by atoms with E-state index in [1.807, 2.05) is 0 Å². The molecule has 1 atom stereocenters. The van der Waals surface area contributed by atoms with Crippen molar-refractivity contribution in [1.82, 2.24) is 4.98 Å². The van der Waals surface area contributed by atoms with Crippen molar-refractivity contribution in [2.45, 2.75) is 45.4 Å². The van der Waals surface area contributed by atoms with Crippen LogP contribution < -0.4 is 4.90 Å². The summed E-state index contributed by atoms with van der Waals surface area (Å²) < 4.78 is 5.11. The van der Waals surface area contributed by atoms with Crippen molar-refractivity contribution in [1.29, 1.82) is 0 Å². The number of hydrogen-bond donors (Lipinski definition) is 1. The van der Waals surface area contributed by atoms with Crippen LogP contribution in [0.25, 0.3) is 0 Å². The van der Waals surface area contributed by atoms with Gasteiger partial charge in [-0.2, -0.15) is 0 Å².